The van der Waals surface area contributed by atoms with Gasteiger partial charge in [-0.3, -0.25) is 9.69 Å². The third-order valence-electron chi connectivity index (χ3n) is 4.93. The molecule has 0 N–H and O–H groups in total. The summed E-state index contributed by atoms with van der Waals surface area (Å²) >= 11 is 1.56. The Kier molecular flexibility index (Phi) is 4.85. The zero-order valence-electron chi connectivity index (χ0n) is 14.3. The first-order valence-corrected chi connectivity index (χ1v) is 11.4. The van der Waals surface area contributed by atoms with Gasteiger partial charge in [-0.1, -0.05) is 0 Å². The van der Waals surface area contributed by atoms with Crippen molar-refractivity contribution in [1.29, 1.82) is 0 Å². The summed E-state index contributed by atoms with van der Waals surface area (Å²) in [6.45, 7) is 3.59. The average molecular weight is 396 g/mol. The van der Waals surface area contributed by atoms with Crippen molar-refractivity contribution in [3.8, 4) is 10.8 Å². The number of aromatic nitrogens is 1. The van der Waals surface area contributed by atoms with E-state index in [2.05, 4.69) is 9.88 Å². The second kappa shape index (κ2) is 7.13. The van der Waals surface area contributed by atoms with Crippen LogP contribution in [0.1, 0.15) is 12.1 Å². The standard InChI is InChI=1S/C17H21N3O4S2/c21-17(13-3-9-26(22,23)12-13)20-6-4-19(5-7-20)10-14-11-25-16(18-14)15-2-1-8-24-15/h1-2,8,11,13H,3-7,9-10,12H2. The molecule has 0 aliphatic carbocycles. The third kappa shape index (κ3) is 3.84. The Bertz CT molecular complexity index is 868. The summed E-state index contributed by atoms with van der Waals surface area (Å²) in [6.07, 6.45) is 2.11. The van der Waals surface area contributed by atoms with Crippen LogP contribution in [0.4, 0.5) is 0 Å². The molecule has 140 valence electrons. The molecule has 1 amide bonds. The van der Waals surface area contributed by atoms with Gasteiger partial charge in [0.25, 0.3) is 0 Å². The summed E-state index contributed by atoms with van der Waals surface area (Å²) in [7, 11) is -3.02. The predicted molar refractivity (Wildman–Crippen MR) is 98.4 cm³/mol. The molecular formula is C17H21N3O4S2. The normalized spacial score (nSPS) is 23.4. The van der Waals surface area contributed by atoms with Crippen LogP contribution in [0.2, 0.25) is 0 Å². The van der Waals surface area contributed by atoms with E-state index in [4.69, 9.17) is 4.42 Å². The van der Waals surface area contributed by atoms with E-state index in [1.165, 1.54) is 0 Å². The number of hydrogen-bond acceptors (Lipinski definition) is 7. The average Bonchev–Trinajstić information content (AvgIpc) is 3.35. The van der Waals surface area contributed by atoms with Crippen molar-refractivity contribution < 1.29 is 17.6 Å². The van der Waals surface area contributed by atoms with Crippen molar-refractivity contribution in [2.75, 3.05) is 37.7 Å². The Labute approximate surface area is 156 Å². The first-order valence-electron chi connectivity index (χ1n) is 8.70. The van der Waals surface area contributed by atoms with Crippen LogP contribution in [-0.4, -0.2) is 66.8 Å². The van der Waals surface area contributed by atoms with Crippen molar-refractivity contribution in [3.63, 3.8) is 0 Å². The van der Waals surface area contributed by atoms with E-state index in [-0.39, 0.29) is 23.3 Å². The molecule has 9 heteroatoms. The number of rotatable bonds is 4. The van der Waals surface area contributed by atoms with E-state index in [1.807, 2.05) is 22.4 Å². The Hall–Kier alpha value is -1.71. The molecule has 0 saturated carbocycles. The van der Waals surface area contributed by atoms with Crippen LogP contribution in [-0.2, 0) is 21.2 Å². The van der Waals surface area contributed by atoms with Crippen molar-refractivity contribution >= 4 is 27.1 Å². The maximum absolute atomic E-state index is 12.5. The van der Waals surface area contributed by atoms with E-state index in [0.717, 1.165) is 36.1 Å². The van der Waals surface area contributed by atoms with Gasteiger partial charge in [0.05, 0.1) is 29.4 Å². The molecule has 1 atom stereocenters. The lowest BCUT2D eigenvalue weighted by atomic mass is 10.1. The zero-order valence-corrected chi connectivity index (χ0v) is 16.0. The lowest BCUT2D eigenvalue weighted by molar-refractivity contribution is -0.136. The molecule has 1 unspecified atom stereocenters. The maximum atomic E-state index is 12.5. The molecule has 2 saturated heterocycles. The van der Waals surface area contributed by atoms with Crippen LogP contribution in [0.3, 0.4) is 0 Å². The number of furan rings is 1. The van der Waals surface area contributed by atoms with E-state index in [9.17, 15) is 13.2 Å². The second-order valence-corrected chi connectivity index (χ2v) is 9.91. The summed E-state index contributed by atoms with van der Waals surface area (Å²) in [5, 5.41) is 2.92. The molecular weight excluding hydrogens is 374 g/mol. The second-order valence-electron chi connectivity index (χ2n) is 6.82. The number of nitrogens with zero attached hydrogens (tertiary/aromatic N) is 3. The summed E-state index contributed by atoms with van der Waals surface area (Å²) in [6, 6.07) is 3.75. The molecule has 4 rings (SSSR count). The topological polar surface area (TPSA) is 83.7 Å². The van der Waals surface area contributed by atoms with Crippen LogP contribution >= 0.6 is 11.3 Å². The lowest BCUT2D eigenvalue weighted by Crippen LogP contribution is -2.50. The van der Waals surface area contributed by atoms with Crippen molar-refractivity contribution in [3.05, 3.63) is 29.5 Å². The minimum Gasteiger partial charge on any atom is -0.462 e. The molecule has 2 aromatic rings. The SMILES string of the molecule is O=C(C1CCS(=O)(=O)C1)N1CCN(Cc2csc(-c3ccco3)n2)CC1. The molecule has 0 spiro atoms. The van der Waals surface area contributed by atoms with Gasteiger partial charge in [-0.15, -0.1) is 11.3 Å². The lowest BCUT2D eigenvalue weighted by Gasteiger charge is -2.35. The van der Waals surface area contributed by atoms with Crippen molar-refractivity contribution in [2.24, 2.45) is 5.92 Å². The summed E-state index contributed by atoms with van der Waals surface area (Å²) < 4.78 is 28.5. The first-order chi connectivity index (χ1) is 12.5. The van der Waals surface area contributed by atoms with Gasteiger partial charge in [-0.05, 0) is 18.6 Å². The van der Waals surface area contributed by atoms with Gasteiger partial charge < -0.3 is 9.32 Å². The number of carbonyl (C=O) groups excluding carboxylic acids is 1. The molecule has 2 aromatic heterocycles. The third-order valence-corrected chi connectivity index (χ3v) is 7.61. The van der Waals surface area contributed by atoms with Crippen LogP contribution < -0.4 is 0 Å². The molecule has 2 aliphatic heterocycles. The van der Waals surface area contributed by atoms with Gasteiger partial charge in [0.1, 0.15) is 0 Å². The molecule has 2 fully saturated rings. The fraction of sp³-hybridized carbons (Fsp3) is 0.529. The summed E-state index contributed by atoms with van der Waals surface area (Å²) in [4.78, 5) is 21.2. The van der Waals surface area contributed by atoms with Gasteiger partial charge in [-0.2, -0.15) is 0 Å². The van der Waals surface area contributed by atoms with E-state index in [0.29, 0.717) is 19.5 Å². The molecule has 0 bridgehead atoms. The first kappa shape index (κ1) is 17.7. The predicted octanol–water partition coefficient (Wildman–Crippen LogP) is 1.48. The highest BCUT2D eigenvalue weighted by Crippen LogP contribution is 2.25. The Morgan fingerprint density at radius 3 is 2.77 bits per heavy atom. The molecule has 26 heavy (non-hydrogen) atoms. The van der Waals surface area contributed by atoms with E-state index in [1.54, 1.807) is 17.6 Å². The molecule has 0 aromatic carbocycles. The number of piperazine rings is 1. The summed E-state index contributed by atoms with van der Waals surface area (Å²) in [5.74, 6) is 0.592. The fourth-order valence-electron chi connectivity index (χ4n) is 3.50. The Morgan fingerprint density at radius 1 is 1.31 bits per heavy atom. The highest BCUT2D eigenvalue weighted by molar-refractivity contribution is 7.91. The Morgan fingerprint density at radius 2 is 2.12 bits per heavy atom. The van der Waals surface area contributed by atoms with Crippen LogP contribution in [0.25, 0.3) is 10.8 Å². The molecule has 2 aliphatic rings. The minimum atomic E-state index is -3.02. The maximum Gasteiger partial charge on any atom is 0.226 e. The van der Waals surface area contributed by atoms with Crippen LogP contribution in [0, 0.1) is 5.92 Å². The quantitative estimate of drug-likeness (QED) is 0.780. The zero-order chi connectivity index (χ0) is 18.1. The van der Waals surface area contributed by atoms with Crippen molar-refractivity contribution in [1.82, 2.24) is 14.8 Å². The van der Waals surface area contributed by atoms with E-state index >= 15 is 0 Å². The number of amides is 1. The highest BCUT2D eigenvalue weighted by Gasteiger charge is 2.36. The number of sulfone groups is 1. The van der Waals surface area contributed by atoms with Gasteiger partial charge >= 0.3 is 0 Å². The summed E-state index contributed by atoms with van der Waals surface area (Å²) in [5.41, 5.74) is 1.00. The highest BCUT2D eigenvalue weighted by atomic mass is 32.2. The number of carbonyl (C=O) groups is 1. The van der Waals surface area contributed by atoms with Gasteiger partial charge in [0.2, 0.25) is 5.91 Å². The molecule has 0 radical (unpaired) electrons. The van der Waals surface area contributed by atoms with Crippen LogP contribution in [0.15, 0.2) is 28.2 Å². The fourth-order valence-corrected chi connectivity index (χ4v) is 6.01. The minimum absolute atomic E-state index is 0.000473. The molecule has 7 nitrogen and oxygen atoms in total. The monoisotopic (exact) mass is 395 g/mol. The molecule has 4 heterocycles. The van der Waals surface area contributed by atoms with E-state index < -0.39 is 9.84 Å². The number of thiazole rings is 1. The number of hydrogen-bond donors (Lipinski definition) is 0. The van der Waals surface area contributed by atoms with Gasteiger partial charge in [-0.25, -0.2) is 13.4 Å². The van der Waals surface area contributed by atoms with Gasteiger partial charge in [0.15, 0.2) is 20.6 Å². The largest absolute Gasteiger partial charge is 0.462 e. The van der Waals surface area contributed by atoms with Crippen LogP contribution in [0.5, 0.6) is 0 Å². The van der Waals surface area contributed by atoms with Gasteiger partial charge in [0, 0.05) is 38.1 Å². The smallest absolute Gasteiger partial charge is 0.226 e. The van der Waals surface area contributed by atoms with Crippen molar-refractivity contribution in [2.45, 2.75) is 13.0 Å². The Balaban J connectivity index is 1.29.